The fraction of sp³-hybridized carbons (Fsp3) is 0.222. The second-order valence-corrected chi connectivity index (χ2v) is 9.97. The Morgan fingerprint density at radius 3 is 2.60 bits per heavy atom. The molecular weight excluding hydrogens is 480 g/mol. The molecule has 1 amide bonds. The summed E-state index contributed by atoms with van der Waals surface area (Å²) in [6.07, 6.45) is 4.27. The number of aromatic nitrogens is 2. The molecule has 1 aliphatic rings. The molecule has 5 rings (SSSR count). The number of anilines is 1. The number of carbonyl (C=O) groups excluding carboxylic acids is 1. The highest BCUT2D eigenvalue weighted by Crippen LogP contribution is 2.37. The van der Waals surface area contributed by atoms with Crippen molar-refractivity contribution in [1.82, 2.24) is 14.9 Å². The number of para-hydroxylation sites is 1. The first-order chi connectivity index (χ1) is 16.9. The van der Waals surface area contributed by atoms with E-state index in [1.165, 1.54) is 11.9 Å². The smallest absolute Gasteiger partial charge is 0.253 e. The van der Waals surface area contributed by atoms with Crippen molar-refractivity contribution in [1.29, 1.82) is 0 Å². The van der Waals surface area contributed by atoms with E-state index in [-0.39, 0.29) is 5.91 Å². The first-order valence-electron chi connectivity index (χ1n) is 11.4. The van der Waals surface area contributed by atoms with Crippen LogP contribution in [0.2, 0.25) is 5.02 Å². The standard InChI is InChI=1S/C27H25ClN4O2S/c1-18-17-19(9-10-22(18)31-35-24-8-4-7-23-25(24)30-14-13-29-23)26(33)32-15-11-27(34,12-16-32)20-5-2-3-6-21(20)28/h2-10,13-14,17,31,34H,11-12,15-16H2,1H3. The zero-order chi connectivity index (χ0) is 24.4. The molecule has 0 aliphatic carbocycles. The molecule has 0 bridgehead atoms. The maximum Gasteiger partial charge on any atom is 0.253 e. The molecule has 1 aliphatic heterocycles. The average molecular weight is 505 g/mol. The quantitative estimate of drug-likeness (QED) is 0.333. The minimum atomic E-state index is -1.01. The molecular formula is C27H25ClN4O2S. The number of nitrogens with zero attached hydrogens (tertiary/aromatic N) is 3. The fourth-order valence-corrected chi connectivity index (χ4v) is 5.60. The van der Waals surface area contributed by atoms with Crippen molar-refractivity contribution >= 4 is 46.2 Å². The van der Waals surface area contributed by atoms with Gasteiger partial charge in [-0.05, 0) is 73.7 Å². The van der Waals surface area contributed by atoms with E-state index in [9.17, 15) is 9.90 Å². The summed E-state index contributed by atoms with van der Waals surface area (Å²) in [6.45, 7) is 2.92. The summed E-state index contributed by atoms with van der Waals surface area (Å²) < 4.78 is 3.38. The van der Waals surface area contributed by atoms with Gasteiger partial charge in [-0.25, -0.2) is 0 Å². The van der Waals surface area contributed by atoms with Crippen LogP contribution in [0, 0.1) is 6.92 Å². The Bertz CT molecular complexity index is 1380. The number of hydrogen-bond acceptors (Lipinski definition) is 6. The fourth-order valence-electron chi connectivity index (χ4n) is 4.44. The highest BCUT2D eigenvalue weighted by molar-refractivity contribution is 8.00. The van der Waals surface area contributed by atoms with Gasteiger partial charge in [0.15, 0.2) is 0 Å². The molecule has 8 heteroatoms. The molecule has 0 unspecified atom stereocenters. The van der Waals surface area contributed by atoms with E-state index in [2.05, 4.69) is 14.7 Å². The minimum absolute atomic E-state index is 0.0298. The number of amides is 1. The van der Waals surface area contributed by atoms with Gasteiger partial charge >= 0.3 is 0 Å². The third-order valence-electron chi connectivity index (χ3n) is 6.46. The highest BCUT2D eigenvalue weighted by Gasteiger charge is 2.36. The van der Waals surface area contributed by atoms with Crippen LogP contribution in [0.25, 0.3) is 11.0 Å². The molecule has 4 aromatic rings. The number of carbonyl (C=O) groups is 1. The van der Waals surface area contributed by atoms with Crippen LogP contribution >= 0.6 is 23.5 Å². The van der Waals surface area contributed by atoms with E-state index >= 15 is 0 Å². The van der Waals surface area contributed by atoms with Gasteiger partial charge in [-0.3, -0.25) is 14.8 Å². The van der Waals surface area contributed by atoms with Crippen LogP contribution in [0.3, 0.4) is 0 Å². The molecule has 0 atom stereocenters. The van der Waals surface area contributed by atoms with Gasteiger partial charge in [0.05, 0.1) is 16.0 Å². The van der Waals surface area contributed by atoms with Crippen molar-refractivity contribution in [3.8, 4) is 0 Å². The lowest BCUT2D eigenvalue weighted by Gasteiger charge is -2.39. The third-order valence-corrected chi connectivity index (χ3v) is 7.66. The van der Waals surface area contributed by atoms with Crippen LogP contribution in [0.4, 0.5) is 5.69 Å². The van der Waals surface area contributed by atoms with Gasteiger partial charge in [-0.15, -0.1) is 0 Å². The Kier molecular flexibility index (Phi) is 6.65. The Balaban J connectivity index is 1.25. The number of aryl methyl sites for hydroxylation is 1. The van der Waals surface area contributed by atoms with Crippen molar-refractivity contribution in [3.63, 3.8) is 0 Å². The van der Waals surface area contributed by atoms with Crippen molar-refractivity contribution < 1.29 is 9.90 Å². The highest BCUT2D eigenvalue weighted by atomic mass is 35.5. The molecule has 0 saturated carbocycles. The van der Waals surface area contributed by atoms with E-state index < -0.39 is 5.60 Å². The average Bonchev–Trinajstić information content (AvgIpc) is 2.88. The zero-order valence-electron chi connectivity index (χ0n) is 19.2. The van der Waals surface area contributed by atoms with Crippen LogP contribution in [0.1, 0.15) is 34.3 Å². The number of benzene rings is 3. The Morgan fingerprint density at radius 2 is 1.83 bits per heavy atom. The lowest BCUT2D eigenvalue weighted by atomic mass is 9.84. The van der Waals surface area contributed by atoms with Crippen molar-refractivity contribution in [2.24, 2.45) is 0 Å². The van der Waals surface area contributed by atoms with Gasteiger partial charge in [0, 0.05) is 47.3 Å². The Hall–Kier alpha value is -3.13. The van der Waals surface area contributed by atoms with Crippen molar-refractivity contribution in [2.75, 3.05) is 17.8 Å². The molecule has 1 saturated heterocycles. The zero-order valence-corrected chi connectivity index (χ0v) is 20.8. The Labute approximate surface area is 213 Å². The molecule has 35 heavy (non-hydrogen) atoms. The number of nitrogens with one attached hydrogen (secondary N) is 1. The summed E-state index contributed by atoms with van der Waals surface area (Å²) in [4.78, 5) is 24.8. The SMILES string of the molecule is Cc1cc(C(=O)N2CCC(O)(c3ccccc3Cl)CC2)ccc1NSc1cccc2nccnc12. The van der Waals surface area contributed by atoms with E-state index in [1.54, 1.807) is 23.4 Å². The minimum Gasteiger partial charge on any atom is -0.385 e. The number of aliphatic hydroxyl groups is 1. The molecule has 2 N–H and O–H groups in total. The maximum atomic E-state index is 13.2. The summed E-state index contributed by atoms with van der Waals surface area (Å²) in [5.41, 5.74) is 3.95. The Morgan fingerprint density at radius 1 is 1.06 bits per heavy atom. The number of halogens is 1. The van der Waals surface area contributed by atoms with Gasteiger partial charge in [-0.2, -0.15) is 0 Å². The van der Waals surface area contributed by atoms with Crippen LogP contribution in [-0.4, -0.2) is 39.0 Å². The van der Waals surface area contributed by atoms with Crippen molar-refractivity contribution in [3.05, 3.63) is 94.8 Å². The topological polar surface area (TPSA) is 78.4 Å². The molecule has 0 radical (unpaired) electrons. The van der Waals surface area contributed by atoms with Crippen LogP contribution < -0.4 is 4.72 Å². The van der Waals surface area contributed by atoms with Crippen LogP contribution in [0.5, 0.6) is 0 Å². The summed E-state index contributed by atoms with van der Waals surface area (Å²) in [5, 5.41) is 11.7. The van der Waals surface area contributed by atoms with Crippen molar-refractivity contribution in [2.45, 2.75) is 30.3 Å². The van der Waals surface area contributed by atoms with E-state index in [1.807, 2.05) is 61.5 Å². The molecule has 178 valence electrons. The van der Waals surface area contributed by atoms with Gasteiger partial charge in [0.2, 0.25) is 0 Å². The summed E-state index contributed by atoms with van der Waals surface area (Å²) >= 11 is 7.78. The normalized spacial score (nSPS) is 15.2. The number of fused-ring (bicyclic) bond motifs is 1. The van der Waals surface area contributed by atoms with E-state index in [0.29, 0.717) is 36.5 Å². The molecule has 0 spiro atoms. The van der Waals surface area contributed by atoms with E-state index in [4.69, 9.17) is 11.6 Å². The van der Waals surface area contributed by atoms with E-state index in [0.717, 1.165) is 32.7 Å². The van der Waals surface area contributed by atoms with Gasteiger partial charge in [0.25, 0.3) is 5.91 Å². The summed E-state index contributed by atoms with van der Waals surface area (Å²) in [6, 6.07) is 18.9. The van der Waals surface area contributed by atoms with Gasteiger partial charge < -0.3 is 14.7 Å². The van der Waals surface area contributed by atoms with Gasteiger partial charge in [-0.1, -0.05) is 35.9 Å². The first kappa shape index (κ1) is 23.6. The molecule has 1 fully saturated rings. The van der Waals surface area contributed by atoms with Gasteiger partial charge in [0.1, 0.15) is 5.52 Å². The number of likely N-dealkylation sites (tertiary alicyclic amines) is 1. The predicted octanol–water partition coefficient (Wildman–Crippen LogP) is 5.83. The second kappa shape index (κ2) is 9.85. The predicted molar refractivity (Wildman–Crippen MR) is 141 cm³/mol. The van der Waals surface area contributed by atoms with Crippen LogP contribution in [0.15, 0.2) is 78.0 Å². The summed E-state index contributed by atoms with van der Waals surface area (Å²) in [7, 11) is 0. The maximum absolute atomic E-state index is 13.2. The molecule has 6 nitrogen and oxygen atoms in total. The molecule has 2 heterocycles. The van der Waals surface area contributed by atoms with Crippen LogP contribution in [-0.2, 0) is 5.60 Å². The molecule has 1 aromatic heterocycles. The third kappa shape index (κ3) is 4.85. The summed E-state index contributed by atoms with van der Waals surface area (Å²) in [5.74, 6) is -0.0298. The first-order valence-corrected chi connectivity index (χ1v) is 12.6. The largest absolute Gasteiger partial charge is 0.385 e. The number of piperidine rings is 1. The number of hydrogen-bond donors (Lipinski definition) is 2. The molecule has 3 aromatic carbocycles. The second-order valence-electron chi connectivity index (χ2n) is 8.72. The lowest BCUT2D eigenvalue weighted by Crippen LogP contribution is -2.45. The number of rotatable bonds is 5. The lowest BCUT2D eigenvalue weighted by molar-refractivity contribution is -0.0210. The monoisotopic (exact) mass is 504 g/mol.